The smallest absolute Gasteiger partial charge is 0.253 e. The van der Waals surface area contributed by atoms with Crippen LogP contribution in [0.15, 0.2) is 24.3 Å². The molecular formula is C22H32N2O4. The van der Waals surface area contributed by atoms with E-state index in [-0.39, 0.29) is 12.0 Å². The van der Waals surface area contributed by atoms with E-state index in [2.05, 4.69) is 17.0 Å². The Kier molecular flexibility index (Phi) is 6.62. The van der Waals surface area contributed by atoms with E-state index in [0.717, 1.165) is 38.3 Å². The molecule has 0 saturated carbocycles. The minimum Gasteiger partial charge on any atom is -0.393 e. The predicted octanol–water partition coefficient (Wildman–Crippen LogP) is 1.56. The van der Waals surface area contributed by atoms with Gasteiger partial charge in [0.2, 0.25) is 0 Å². The van der Waals surface area contributed by atoms with Crippen molar-refractivity contribution in [3.63, 3.8) is 0 Å². The largest absolute Gasteiger partial charge is 0.393 e. The van der Waals surface area contributed by atoms with Gasteiger partial charge in [-0.05, 0) is 55.8 Å². The normalized spacial score (nSPS) is 25.8. The van der Waals surface area contributed by atoms with Crippen molar-refractivity contribution in [2.75, 3.05) is 52.6 Å². The molecule has 3 fully saturated rings. The Labute approximate surface area is 167 Å². The highest BCUT2D eigenvalue weighted by molar-refractivity contribution is 5.94. The Bertz CT molecular complexity index is 634. The molecule has 0 radical (unpaired) electrons. The van der Waals surface area contributed by atoms with Crippen LogP contribution in [-0.4, -0.2) is 85.6 Å². The Morgan fingerprint density at radius 1 is 1.00 bits per heavy atom. The molecule has 1 unspecified atom stereocenters. The average molecular weight is 389 g/mol. The van der Waals surface area contributed by atoms with Gasteiger partial charge in [0, 0.05) is 25.2 Å². The van der Waals surface area contributed by atoms with Crippen LogP contribution < -0.4 is 0 Å². The van der Waals surface area contributed by atoms with Gasteiger partial charge in [0.25, 0.3) is 5.91 Å². The number of rotatable bonds is 4. The van der Waals surface area contributed by atoms with Gasteiger partial charge in [-0.15, -0.1) is 0 Å². The average Bonchev–Trinajstić information content (AvgIpc) is 3.01. The fraction of sp³-hybridized carbons (Fsp3) is 0.682. The standard InChI is InChI=1S/C22H32N2O4/c25-21-6-9-23(10-7-21)22(26)19-3-1-17(2-4-19)13-18-5-8-24(14-18)20-15-27-11-12-28-16-20/h1-4,18,20-21,25H,5-16H2. The summed E-state index contributed by atoms with van der Waals surface area (Å²) in [5.74, 6) is 0.729. The van der Waals surface area contributed by atoms with Crippen molar-refractivity contribution in [3.8, 4) is 0 Å². The van der Waals surface area contributed by atoms with Gasteiger partial charge < -0.3 is 19.5 Å². The number of hydrogen-bond donors (Lipinski definition) is 1. The highest BCUT2D eigenvalue weighted by Gasteiger charge is 2.29. The van der Waals surface area contributed by atoms with Crippen LogP contribution in [0.25, 0.3) is 0 Å². The second kappa shape index (κ2) is 9.35. The third-order valence-electron chi connectivity index (χ3n) is 6.30. The van der Waals surface area contributed by atoms with Gasteiger partial charge in [-0.3, -0.25) is 9.69 Å². The summed E-state index contributed by atoms with van der Waals surface area (Å²) in [6, 6.07) is 8.51. The summed E-state index contributed by atoms with van der Waals surface area (Å²) in [6.45, 7) is 6.46. The molecule has 4 rings (SSSR count). The molecule has 0 aliphatic carbocycles. The Hall–Kier alpha value is -1.47. The number of piperidine rings is 1. The molecule has 154 valence electrons. The lowest BCUT2D eigenvalue weighted by Gasteiger charge is -2.29. The number of carbonyl (C=O) groups excluding carboxylic acids is 1. The number of amides is 1. The number of likely N-dealkylation sites (tertiary alicyclic amines) is 2. The monoisotopic (exact) mass is 388 g/mol. The van der Waals surface area contributed by atoms with Crippen molar-refractivity contribution in [1.29, 1.82) is 0 Å². The first-order chi connectivity index (χ1) is 13.7. The fourth-order valence-electron chi connectivity index (χ4n) is 4.54. The van der Waals surface area contributed by atoms with E-state index in [0.29, 0.717) is 51.1 Å². The zero-order chi connectivity index (χ0) is 19.3. The summed E-state index contributed by atoms with van der Waals surface area (Å²) in [5, 5.41) is 9.61. The lowest BCUT2D eigenvalue weighted by Crippen LogP contribution is -2.40. The summed E-state index contributed by atoms with van der Waals surface area (Å²) in [6.07, 6.45) is 3.36. The topological polar surface area (TPSA) is 62.2 Å². The molecule has 1 aromatic rings. The molecule has 1 atom stereocenters. The van der Waals surface area contributed by atoms with Crippen LogP contribution in [-0.2, 0) is 15.9 Å². The van der Waals surface area contributed by atoms with Gasteiger partial charge in [0.05, 0.1) is 38.6 Å². The van der Waals surface area contributed by atoms with Crippen molar-refractivity contribution < 1.29 is 19.4 Å². The molecule has 1 N–H and O–H groups in total. The Balaban J connectivity index is 1.28. The Morgan fingerprint density at radius 3 is 2.36 bits per heavy atom. The molecule has 1 aromatic carbocycles. The zero-order valence-electron chi connectivity index (χ0n) is 16.6. The van der Waals surface area contributed by atoms with Crippen LogP contribution >= 0.6 is 0 Å². The first-order valence-corrected chi connectivity index (χ1v) is 10.6. The van der Waals surface area contributed by atoms with Crippen LogP contribution in [0.5, 0.6) is 0 Å². The summed E-state index contributed by atoms with van der Waals surface area (Å²) in [4.78, 5) is 17.0. The molecule has 3 aliphatic rings. The SMILES string of the molecule is O=C(c1ccc(CC2CCN(C3COCCOC3)C2)cc1)N1CCC(O)CC1. The van der Waals surface area contributed by atoms with Crippen LogP contribution in [0.3, 0.4) is 0 Å². The number of aliphatic hydroxyl groups is 1. The van der Waals surface area contributed by atoms with E-state index in [1.807, 2.05) is 17.0 Å². The maximum atomic E-state index is 12.6. The van der Waals surface area contributed by atoms with E-state index in [1.165, 1.54) is 12.0 Å². The Morgan fingerprint density at radius 2 is 1.68 bits per heavy atom. The first kappa shape index (κ1) is 19.8. The summed E-state index contributed by atoms with van der Waals surface area (Å²) in [5.41, 5.74) is 2.05. The van der Waals surface area contributed by atoms with Crippen molar-refractivity contribution in [2.45, 2.75) is 37.8 Å². The van der Waals surface area contributed by atoms with Crippen LogP contribution in [0, 0.1) is 5.92 Å². The minimum atomic E-state index is -0.256. The number of hydrogen-bond acceptors (Lipinski definition) is 5. The van der Waals surface area contributed by atoms with Gasteiger partial charge >= 0.3 is 0 Å². The van der Waals surface area contributed by atoms with Gasteiger partial charge in [0.1, 0.15) is 0 Å². The molecule has 0 bridgehead atoms. The molecular weight excluding hydrogens is 356 g/mol. The number of aliphatic hydroxyl groups excluding tert-OH is 1. The van der Waals surface area contributed by atoms with E-state index >= 15 is 0 Å². The lowest BCUT2D eigenvalue weighted by molar-refractivity contribution is 0.0546. The van der Waals surface area contributed by atoms with Gasteiger partial charge in [-0.25, -0.2) is 0 Å². The van der Waals surface area contributed by atoms with Crippen molar-refractivity contribution in [1.82, 2.24) is 9.80 Å². The number of benzene rings is 1. The summed E-state index contributed by atoms with van der Waals surface area (Å²) >= 11 is 0. The third kappa shape index (κ3) is 4.92. The van der Waals surface area contributed by atoms with Crippen LogP contribution in [0.4, 0.5) is 0 Å². The number of nitrogens with zero attached hydrogens (tertiary/aromatic N) is 2. The van der Waals surface area contributed by atoms with Crippen molar-refractivity contribution in [2.24, 2.45) is 5.92 Å². The van der Waals surface area contributed by atoms with Gasteiger partial charge in [-0.2, -0.15) is 0 Å². The highest BCUT2D eigenvalue weighted by Crippen LogP contribution is 2.24. The predicted molar refractivity (Wildman–Crippen MR) is 106 cm³/mol. The molecule has 28 heavy (non-hydrogen) atoms. The maximum absolute atomic E-state index is 12.6. The summed E-state index contributed by atoms with van der Waals surface area (Å²) in [7, 11) is 0. The molecule has 6 heteroatoms. The van der Waals surface area contributed by atoms with Gasteiger partial charge in [-0.1, -0.05) is 12.1 Å². The molecule has 0 aromatic heterocycles. The summed E-state index contributed by atoms with van der Waals surface area (Å²) < 4.78 is 11.3. The molecule has 3 saturated heterocycles. The van der Waals surface area contributed by atoms with E-state index in [1.54, 1.807) is 0 Å². The van der Waals surface area contributed by atoms with Crippen LogP contribution in [0.2, 0.25) is 0 Å². The molecule has 3 heterocycles. The van der Waals surface area contributed by atoms with E-state index in [4.69, 9.17) is 9.47 Å². The number of ether oxygens (including phenoxy) is 2. The molecule has 6 nitrogen and oxygen atoms in total. The minimum absolute atomic E-state index is 0.0823. The van der Waals surface area contributed by atoms with Crippen molar-refractivity contribution >= 4 is 5.91 Å². The highest BCUT2D eigenvalue weighted by atomic mass is 16.5. The van der Waals surface area contributed by atoms with E-state index < -0.39 is 0 Å². The van der Waals surface area contributed by atoms with E-state index in [9.17, 15) is 9.90 Å². The third-order valence-corrected chi connectivity index (χ3v) is 6.30. The first-order valence-electron chi connectivity index (χ1n) is 10.6. The fourth-order valence-corrected chi connectivity index (χ4v) is 4.54. The second-order valence-corrected chi connectivity index (χ2v) is 8.38. The maximum Gasteiger partial charge on any atom is 0.253 e. The molecule has 3 aliphatic heterocycles. The molecule has 0 spiro atoms. The lowest BCUT2D eigenvalue weighted by atomic mass is 9.97. The molecule has 1 amide bonds. The quantitative estimate of drug-likeness (QED) is 0.848. The van der Waals surface area contributed by atoms with Crippen LogP contribution in [0.1, 0.15) is 35.2 Å². The number of carbonyl (C=O) groups is 1. The van der Waals surface area contributed by atoms with Crippen molar-refractivity contribution in [3.05, 3.63) is 35.4 Å². The second-order valence-electron chi connectivity index (χ2n) is 8.38. The van der Waals surface area contributed by atoms with Gasteiger partial charge in [0.15, 0.2) is 0 Å². The zero-order valence-corrected chi connectivity index (χ0v) is 16.6.